The monoisotopic (exact) mass is 425 g/mol. The molecule has 146 valence electrons. The highest BCUT2D eigenvalue weighted by Gasteiger charge is 2.15. The minimum atomic E-state index is -0.428. The highest BCUT2D eigenvalue weighted by Crippen LogP contribution is 2.27. The first-order chi connectivity index (χ1) is 14.1. The number of benzene rings is 2. The van der Waals surface area contributed by atoms with Crippen LogP contribution < -0.4 is 10.6 Å². The number of amides is 2. The van der Waals surface area contributed by atoms with Crippen LogP contribution in [0.4, 0.5) is 10.8 Å². The molecule has 2 N–H and O–H groups in total. The Bertz CT molecular complexity index is 1180. The number of carbonyl (C=O) groups is 2. The number of aromatic nitrogens is 3. The first-order valence-corrected chi connectivity index (χ1v) is 10.4. The number of carbonyl (C=O) groups excluding carboxylic acids is 2. The fraction of sp³-hybridized carbons (Fsp3) is 0.105. The average Bonchev–Trinajstić information content (AvgIpc) is 3.35. The number of anilines is 2. The minimum Gasteiger partial charge on any atom is -0.361 e. The van der Waals surface area contributed by atoms with E-state index in [1.807, 2.05) is 42.5 Å². The largest absolute Gasteiger partial charge is 0.361 e. The van der Waals surface area contributed by atoms with E-state index in [0.29, 0.717) is 15.2 Å². The highest BCUT2D eigenvalue weighted by molar-refractivity contribution is 8.01. The van der Waals surface area contributed by atoms with Crippen LogP contribution >= 0.6 is 23.1 Å². The number of nitrogens with zero attached hydrogens (tertiary/aromatic N) is 3. The van der Waals surface area contributed by atoms with Crippen molar-refractivity contribution in [2.45, 2.75) is 11.3 Å². The van der Waals surface area contributed by atoms with E-state index < -0.39 is 5.91 Å². The Morgan fingerprint density at radius 3 is 2.76 bits per heavy atom. The van der Waals surface area contributed by atoms with Gasteiger partial charge in [-0.15, -0.1) is 10.2 Å². The quantitative estimate of drug-likeness (QED) is 0.355. The third-order valence-corrected chi connectivity index (χ3v) is 5.85. The lowest BCUT2D eigenvalue weighted by atomic mass is 10.1. The van der Waals surface area contributed by atoms with Gasteiger partial charge in [0.15, 0.2) is 10.0 Å². The van der Waals surface area contributed by atoms with Gasteiger partial charge in [0.2, 0.25) is 11.0 Å². The molecule has 0 unspecified atom stereocenters. The van der Waals surface area contributed by atoms with Gasteiger partial charge >= 0.3 is 0 Å². The van der Waals surface area contributed by atoms with Crippen molar-refractivity contribution in [2.24, 2.45) is 0 Å². The van der Waals surface area contributed by atoms with Gasteiger partial charge in [0, 0.05) is 17.1 Å². The van der Waals surface area contributed by atoms with Crippen molar-refractivity contribution in [2.75, 3.05) is 16.4 Å². The van der Waals surface area contributed by atoms with E-state index in [-0.39, 0.29) is 17.4 Å². The first kappa shape index (κ1) is 19.1. The number of hydrogen-bond acceptors (Lipinski definition) is 8. The maximum Gasteiger partial charge on any atom is 0.279 e. The summed E-state index contributed by atoms with van der Waals surface area (Å²) < 4.78 is 5.45. The van der Waals surface area contributed by atoms with Gasteiger partial charge in [-0.3, -0.25) is 14.9 Å². The summed E-state index contributed by atoms with van der Waals surface area (Å²) in [6, 6.07) is 15.2. The summed E-state index contributed by atoms with van der Waals surface area (Å²) in [6.45, 7) is 1.70. The molecule has 2 aromatic carbocycles. The Balaban J connectivity index is 1.33. The molecule has 8 nitrogen and oxygen atoms in total. The number of hydrogen-bond donors (Lipinski definition) is 2. The molecule has 0 saturated carbocycles. The number of fused-ring (bicyclic) bond motifs is 1. The van der Waals surface area contributed by atoms with Gasteiger partial charge in [-0.1, -0.05) is 64.7 Å². The number of nitrogens with one attached hydrogen (secondary N) is 2. The van der Waals surface area contributed by atoms with Crippen molar-refractivity contribution in [3.63, 3.8) is 0 Å². The van der Waals surface area contributed by atoms with Gasteiger partial charge in [0.05, 0.1) is 5.75 Å². The number of rotatable bonds is 6. The van der Waals surface area contributed by atoms with Crippen molar-refractivity contribution in [1.29, 1.82) is 0 Å². The van der Waals surface area contributed by atoms with E-state index in [4.69, 9.17) is 4.52 Å². The highest BCUT2D eigenvalue weighted by atomic mass is 32.2. The van der Waals surface area contributed by atoms with Crippen molar-refractivity contribution < 1.29 is 14.1 Å². The van der Waals surface area contributed by atoms with E-state index in [0.717, 1.165) is 16.5 Å². The van der Waals surface area contributed by atoms with Crippen LogP contribution in [0.1, 0.15) is 16.2 Å². The Labute approximate surface area is 173 Å². The topological polar surface area (TPSA) is 110 Å². The Kier molecular flexibility index (Phi) is 5.54. The molecule has 0 fully saturated rings. The lowest BCUT2D eigenvalue weighted by Crippen LogP contribution is -2.14. The molecule has 2 amide bonds. The predicted molar refractivity (Wildman–Crippen MR) is 112 cm³/mol. The summed E-state index contributed by atoms with van der Waals surface area (Å²) in [6.07, 6.45) is 0. The van der Waals surface area contributed by atoms with Crippen LogP contribution in [0, 0.1) is 6.92 Å². The van der Waals surface area contributed by atoms with Gasteiger partial charge in [-0.2, -0.15) is 0 Å². The molecule has 0 atom stereocenters. The molecule has 4 rings (SSSR count). The third kappa shape index (κ3) is 4.61. The van der Waals surface area contributed by atoms with Crippen molar-refractivity contribution in [3.05, 3.63) is 60.0 Å². The normalized spacial score (nSPS) is 10.8. The van der Waals surface area contributed by atoms with E-state index in [1.165, 1.54) is 29.2 Å². The number of aryl methyl sites for hydroxylation is 1. The van der Waals surface area contributed by atoms with Crippen LogP contribution in [0.3, 0.4) is 0 Å². The molecule has 10 heteroatoms. The summed E-state index contributed by atoms with van der Waals surface area (Å²) in [4.78, 5) is 24.4. The standard InChI is InChI=1S/C19H15N5O3S2/c1-11-9-15(24-27-11)17(26)21-18-22-23-19(29-18)28-10-16(25)20-14-8-4-6-12-5-2-3-7-13(12)14/h2-9H,10H2,1H3,(H,20,25)(H,21,22,26). The Morgan fingerprint density at radius 1 is 1.10 bits per heavy atom. The smallest absolute Gasteiger partial charge is 0.279 e. The molecule has 0 bridgehead atoms. The van der Waals surface area contributed by atoms with Crippen molar-refractivity contribution in [3.8, 4) is 0 Å². The van der Waals surface area contributed by atoms with Crippen LogP contribution in [0.15, 0.2) is 57.4 Å². The lowest BCUT2D eigenvalue weighted by molar-refractivity contribution is -0.113. The van der Waals surface area contributed by atoms with Crippen LogP contribution in [0.25, 0.3) is 10.8 Å². The fourth-order valence-corrected chi connectivity index (χ4v) is 4.15. The summed E-state index contributed by atoms with van der Waals surface area (Å²) in [5.74, 6) is 0.142. The van der Waals surface area contributed by atoms with Crippen LogP contribution in [-0.4, -0.2) is 32.9 Å². The second-order valence-corrected chi connectivity index (χ2v) is 8.21. The fourth-order valence-electron chi connectivity index (χ4n) is 2.60. The molecule has 0 saturated heterocycles. The molecule has 2 heterocycles. The van der Waals surface area contributed by atoms with Gasteiger partial charge in [-0.05, 0) is 18.4 Å². The summed E-state index contributed by atoms with van der Waals surface area (Å²) in [5, 5.41) is 19.5. The zero-order valence-electron chi connectivity index (χ0n) is 15.2. The molecule has 0 aliphatic rings. The summed E-state index contributed by atoms with van der Waals surface area (Å²) >= 11 is 2.43. The molecule has 0 aliphatic heterocycles. The zero-order valence-corrected chi connectivity index (χ0v) is 16.8. The number of thioether (sulfide) groups is 1. The molecular weight excluding hydrogens is 410 g/mol. The minimum absolute atomic E-state index is 0.148. The first-order valence-electron chi connectivity index (χ1n) is 8.57. The molecule has 0 radical (unpaired) electrons. The summed E-state index contributed by atoms with van der Waals surface area (Å²) in [5.41, 5.74) is 0.934. The van der Waals surface area contributed by atoms with Crippen LogP contribution in [-0.2, 0) is 4.79 Å². The molecule has 0 aliphatic carbocycles. The van der Waals surface area contributed by atoms with Gasteiger partial charge < -0.3 is 9.84 Å². The molecule has 29 heavy (non-hydrogen) atoms. The summed E-state index contributed by atoms with van der Waals surface area (Å²) in [7, 11) is 0. The maximum atomic E-state index is 12.3. The molecular formula is C19H15N5O3S2. The van der Waals surface area contributed by atoms with E-state index in [1.54, 1.807) is 6.92 Å². The van der Waals surface area contributed by atoms with Crippen molar-refractivity contribution in [1.82, 2.24) is 15.4 Å². The van der Waals surface area contributed by atoms with E-state index in [9.17, 15) is 9.59 Å². The van der Waals surface area contributed by atoms with Gasteiger partial charge in [0.1, 0.15) is 5.76 Å². The Hall–Kier alpha value is -3.24. The SMILES string of the molecule is Cc1cc(C(=O)Nc2nnc(SCC(=O)Nc3cccc4ccccc34)s2)no1. The molecule has 2 aromatic heterocycles. The second-order valence-electron chi connectivity index (χ2n) is 6.01. The van der Waals surface area contributed by atoms with Crippen molar-refractivity contribution >= 4 is 56.5 Å². The zero-order chi connectivity index (χ0) is 20.2. The van der Waals surface area contributed by atoms with E-state index in [2.05, 4.69) is 26.0 Å². The lowest BCUT2D eigenvalue weighted by Gasteiger charge is -2.08. The van der Waals surface area contributed by atoms with E-state index >= 15 is 0 Å². The second kappa shape index (κ2) is 8.41. The molecule has 4 aromatic rings. The average molecular weight is 425 g/mol. The third-order valence-electron chi connectivity index (χ3n) is 3.88. The maximum absolute atomic E-state index is 12.3. The Morgan fingerprint density at radius 2 is 1.93 bits per heavy atom. The van der Waals surface area contributed by atoms with Gasteiger partial charge in [-0.25, -0.2) is 0 Å². The van der Waals surface area contributed by atoms with Crippen LogP contribution in [0.2, 0.25) is 0 Å². The predicted octanol–water partition coefficient (Wildman–Crippen LogP) is 3.97. The molecule has 0 spiro atoms. The van der Waals surface area contributed by atoms with Crippen LogP contribution in [0.5, 0.6) is 0 Å². The van der Waals surface area contributed by atoms with Gasteiger partial charge in [0.25, 0.3) is 5.91 Å².